The van der Waals surface area contributed by atoms with Crippen molar-refractivity contribution >= 4 is 35.8 Å². The van der Waals surface area contributed by atoms with E-state index >= 15 is 0 Å². The number of benzene rings is 2. The van der Waals surface area contributed by atoms with Gasteiger partial charge in [0.1, 0.15) is 0 Å². The normalized spacial score (nSPS) is 12.2. The largest absolute Gasteiger partial charge is 0.366 e. The SMILES string of the molecule is CN=C(NCc1ccc(C(N)=O)cc1)NC(C)c1ccc(CC(C)C)cc1.I. The molecule has 152 valence electrons. The molecule has 1 unspecified atom stereocenters. The number of rotatable bonds is 7. The summed E-state index contributed by atoms with van der Waals surface area (Å²) in [5, 5.41) is 6.70. The Labute approximate surface area is 185 Å². The monoisotopic (exact) mass is 494 g/mol. The fraction of sp³-hybridized carbons (Fsp3) is 0.364. The first-order valence-corrected chi connectivity index (χ1v) is 9.33. The summed E-state index contributed by atoms with van der Waals surface area (Å²) >= 11 is 0. The topological polar surface area (TPSA) is 79.5 Å². The minimum Gasteiger partial charge on any atom is -0.366 e. The fourth-order valence-corrected chi connectivity index (χ4v) is 2.87. The molecule has 4 N–H and O–H groups in total. The van der Waals surface area contributed by atoms with Crippen LogP contribution in [0.5, 0.6) is 0 Å². The van der Waals surface area contributed by atoms with E-state index in [2.05, 4.69) is 60.7 Å². The average Bonchev–Trinajstić information content (AvgIpc) is 2.65. The van der Waals surface area contributed by atoms with Crippen LogP contribution in [0.4, 0.5) is 0 Å². The van der Waals surface area contributed by atoms with Gasteiger partial charge in [-0.05, 0) is 48.1 Å². The number of carbonyl (C=O) groups is 1. The Morgan fingerprint density at radius 1 is 1.00 bits per heavy atom. The molecule has 0 radical (unpaired) electrons. The number of primary amides is 1. The van der Waals surface area contributed by atoms with Gasteiger partial charge in [0.05, 0.1) is 6.04 Å². The zero-order valence-corrected chi connectivity index (χ0v) is 19.4. The lowest BCUT2D eigenvalue weighted by Gasteiger charge is -2.19. The second-order valence-electron chi connectivity index (χ2n) is 7.19. The number of aliphatic imine (C=N–C) groups is 1. The first-order valence-electron chi connectivity index (χ1n) is 9.33. The fourth-order valence-electron chi connectivity index (χ4n) is 2.87. The standard InChI is InChI=1S/C22H30N4O.HI/c1-15(2)13-17-5-9-19(10-6-17)16(3)26-22(24-4)25-14-18-7-11-20(12-8-18)21(23)27;/h5-12,15-16H,13-14H2,1-4H3,(H2,23,27)(H2,24,25,26);1H. The highest BCUT2D eigenvalue weighted by atomic mass is 127. The van der Waals surface area contributed by atoms with Gasteiger partial charge in [-0.15, -0.1) is 24.0 Å². The summed E-state index contributed by atoms with van der Waals surface area (Å²) in [6.45, 7) is 7.19. The smallest absolute Gasteiger partial charge is 0.248 e. The Bertz CT molecular complexity index is 770. The van der Waals surface area contributed by atoms with Crippen LogP contribution in [0.3, 0.4) is 0 Å². The van der Waals surface area contributed by atoms with Crippen molar-refractivity contribution in [2.24, 2.45) is 16.6 Å². The van der Waals surface area contributed by atoms with Crippen molar-refractivity contribution in [2.75, 3.05) is 7.05 Å². The predicted molar refractivity (Wildman–Crippen MR) is 127 cm³/mol. The molecule has 6 heteroatoms. The maximum atomic E-state index is 11.1. The van der Waals surface area contributed by atoms with Crippen LogP contribution in [-0.4, -0.2) is 18.9 Å². The molecule has 0 bridgehead atoms. The number of hydrogen-bond acceptors (Lipinski definition) is 2. The summed E-state index contributed by atoms with van der Waals surface area (Å²) in [5.41, 5.74) is 9.41. The Balaban J connectivity index is 0.00000392. The molecule has 0 aliphatic carbocycles. The van der Waals surface area contributed by atoms with Crippen molar-refractivity contribution in [3.8, 4) is 0 Å². The number of halogens is 1. The predicted octanol–water partition coefficient (Wildman–Crippen LogP) is 4.03. The molecular formula is C22H31IN4O. The molecule has 5 nitrogen and oxygen atoms in total. The number of nitrogens with one attached hydrogen (secondary N) is 2. The Morgan fingerprint density at radius 3 is 2.07 bits per heavy atom. The Hall–Kier alpha value is -2.09. The molecule has 2 rings (SSSR count). The average molecular weight is 494 g/mol. The number of carbonyl (C=O) groups excluding carboxylic acids is 1. The van der Waals surface area contributed by atoms with E-state index in [1.807, 2.05) is 12.1 Å². The summed E-state index contributed by atoms with van der Waals surface area (Å²) in [5.74, 6) is 0.972. The zero-order chi connectivity index (χ0) is 19.8. The lowest BCUT2D eigenvalue weighted by atomic mass is 10.00. The van der Waals surface area contributed by atoms with Crippen molar-refractivity contribution < 1.29 is 4.79 Å². The Morgan fingerprint density at radius 2 is 1.57 bits per heavy atom. The third-order valence-electron chi connectivity index (χ3n) is 4.40. The van der Waals surface area contributed by atoms with E-state index in [9.17, 15) is 4.79 Å². The van der Waals surface area contributed by atoms with Crippen LogP contribution < -0.4 is 16.4 Å². The molecule has 0 aromatic heterocycles. The first kappa shape index (κ1) is 23.9. The molecule has 0 fully saturated rings. The third-order valence-corrected chi connectivity index (χ3v) is 4.40. The number of guanidine groups is 1. The molecule has 28 heavy (non-hydrogen) atoms. The third kappa shape index (κ3) is 7.50. The summed E-state index contributed by atoms with van der Waals surface area (Å²) in [7, 11) is 1.75. The summed E-state index contributed by atoms with van der Waals surface area (Å²) in [6, 6.07) is 16.1. The number of nitrogens with two attached hydrogens (primary N) is 1. The first-order chi connectivity index (χ1) is 12.9. The van der Waals surface area contributed by atoms with Gasteiger partial charge < -0.3 is 16.4 Å². The van der Waals surface area contributed by atoms with Crippen molar-refractivity contribution in [2.45, 2.75) is 39.8 Å². The van der Waals surface area contributed by atoms with Crippen LogP contribution in [0.1, 0.15) is 53.9 Å². The molecule has 0 heterocycles. The molecule has 0 spiro atoms. The molecule has 0 saturated heterocycles. The van der Waals surface area contributed by atoms with Crippen LogP contribution in [0, 0.1) is 5.92 Å². The lowest BCUT2D eigenvalue weighted by Crippen LogP contribution is -2.38. The summed E-state index contributed by atoms with van der Waals surface area (Å²) in [4.78, 5) is 15.4. The maximum Gasteiger partial charge on any atom is 0.248 e. The Kier molecular flexibility index (Phi) is 9.99. The molecule has 2 aromatic carbocycles. The highest BCUT2D eigenvalue weighted by Crippen LogP contribution is 2.15. The van der Waals surface area contributed by atoms with Gasteiger partial charge in [0.25, 0.3) is 0 Å². The highest BCUT2D eigenvalue weighted by molar-refractivity contribution is 14.0. The zero-order valence-electron chi connectivity index (χ0n) is 17.0. The second-order valence-corrected chi connectivity index (χ2v) is 7.19. The van der Waals surface area contributed by atoms with Crippen LogP contribution in [-0.2, 0) is 13.0 Å². The van der Waals surface area contributed by atoms with E-state index in [0.717, 1.165) is 17.9 Å². The van der Waals surface area contributed by atoms with E-state index in [1.165, 1.54) is 11.1 Å². The number of hydrogen-bond donors (Lipinski definition) is 3. The number of nitrogens with zero attached hydrogens (tertiary/aromatic N) is 1. The molecule has 0 aliphatic heterocycles. The van der Waals surface area contributed by atoms with Crippen molar-refractivity contribution in [1.29, 1.82) is 0 Å². The maximum absolute atomic E-state index is 11.1. The molecule has 0 aliphatic rings. The van der Waals surface area contributed by atoms with Crippen LogP contribution in [0.25, 0.3) is 0 Å². The van der Waals surface area contributed by atoms with Gasteiger partial charge in [-0.1, -0.05) is 50.2 Å². The van der Waals surface area contributed by atoms with Crippen molar-refractivity contribution in [1.82, 2.24) is 10.6 Å². The van der Waals surface area contributed by atoms with Crippen molar-refractivity contribution in [3.05, 3.63) is 70.8 Å². The molecule has 0 saturated carbocycles. The lowest BCUT2D eigenvalue weighted by molar-refractivity contribution is 0.100. The van der Waals surface area contributed by atoms with Gasteiger partial charge in [0.2, 0.25) is 5.91 Å². The van der Waals surface area contributed by atoms with Gasteiger partial charge in [0, 0.05) is 19.2 Å². The van der Waals surface area contributed by atoms with Crippen molar-refractivity contribution in [3.63, 3.8) is 0 Å². The molecule has 1 amide bonds. The minimum atomic E-state index is -0.416. The summed E-state index contributed by atoms with van der Waals surface area (Å²) < 4.78 is 0. The second kappa shape index (κ2) is 11.7. The number of amides is 1. The van der Waals surface area contributed by atoms with Gasteiger partial charge in [-0.25, -0.2) is 0 Å². The van der Waals surface area contributed by atoms with Gasteiger partial charge in [0.15, 0.2) is 5.96 Å². The molecular weight excluding hydrogens is 463 g/mol. The van der Waals surface area contributed by atoms with Crippen LogP contribution in [0.2, 0.25) is 0 Å². The van der Waals surface area contributed by atoms with E-state index in [1.54, 1.807) is 19.2 Å². The highest BCUT2D eigenvalue weighted by Gasteiger charge is 2.08. The van der Waals surface area contributed by atoms with Gasteiger partial charge in [-0.3, -0.25) is 9.79 Å². The molecule has 2 aromatic rings. The van der Waals surface area contributed by atoms with Gasteiger partial charge in [-0.2, -0.15) is 0 Å². The van der Waals surface area contributed by atoms with E-state index in [4.69, 9.17) is 5.73 Å². The summed E-state index contributed by atoms with van der Waals surface area (Å²) in [6.07, 6.45) is 1.10. The van der Waals surface area contributed by atoms with E-state index < -0.39 is 5.91 Å². The van der Waals surface area contributed by atoms with Gasteiger partial charge >= 0.3 is 0 Å². The van der Waals surface area contributed by atoms with Crippen LogP contribution in [0.15, 0.2) is 53.5 Å². The van der Waals surface area contributed by atoms with E-state index in [0.29, 0.717) is 18.0 Å². The quantitative estimate of drug-likeness (QED) is 0.309. The van der Waals surface area contributed by atoms with Crippen LogP contribution >= 0.6 is 24.0 Å². The van der Waals surface area contributed by atoms with E-state index in [-0.39, 0.29) is 30.0 Å². The minimum absolute atomic E-state index is 0. The molecule has 1 atom stereocenters.